The average Bonchev–Trinajstić information content (AvgIpc) is 3.40. The number of guanidine groups is 1. The molecule has 2 N–H and O–H groups in total. The highest BCUT2D eigenvalue weighted by Crippen LogP contribution is 2.32. The second kappa shape index (κ2) is 8.61. The summed E-state index contributed by atoms with van der Waals surface area (Å²) >= 11 is 0. The summed E-state index contributed by atoms with van der Waals surface area (Å²) in [7, 11) is 1.88. The largest absolute Gasteiger partial charge is 0.381 e. The molecule has 148 valence electrons. The molecule has 0 bridgehead atoms. The Hall–Kier alpha value is -1.59. The van der Waals surface area contributed by atoms with Crippen LogP contribution in [0.25, 0.3) is 0 Å². The second-order valence-corrected chi connectivity index (χ2v) is 8.27. The zero-order valence-electron chi connectivity index (χ0n) is 16.7. The zero-order valence-corrected chi connectivity index (χ0v) is 16.7. The molecule has 3 aliphatic rings. The van der Waals surface area contributed by atoms with E-state index >= 15 is 0 Å². The quantitative estimate of drug-likeness (QED) is 0.618. The van der Waals surface area contributed by atoms with E-state index in [1.54, 1.807) is 0 Å². The van der Waals surface area contributed by atoms with Crippen molar-refractivity contribution in [2.75, 3.05) is 46.4 Å². The standard InChI is InChI=1S/C22H34N4O/c1-23-21(24-16-19-9-8-18-6-2-3-7-20(18)19)25-17-22(10-14-27-15-11-22)26-12-4-5-13-26/h2-3,6-7,19H,4-5,8-17H2,1H3,(H2,23,24,25). The first-order chi connectivity index (χ1) is 13.3. The van der Waals surface area contributed by atoms with Gasteiger partial charge in [-0.3, -0.25) is 9.89 Å². The molecule has 1 atom stereocenters. The number of aliphatic imine (C=N–C) groups is 1. The molecule has 1 unspecified atom stereocenters. The van der Waals surface area contributed by atoms with E-state index in [0.29, 0.717) is 5.92 Å². The number of rotatable bonds is 5. The summed E-state index contributed by atoms with van der Waals surface area (Å²) in [5, 5.41) is 7.24. The molecule has 1 aromatic rings. The van der Waals surface area contributed by atoms with Crippen LogP contribution in [0.2, 0.25) is 0 Å². The van der Waals surface area contributed by atoms with Crippen LogP contribution >= 0.6 is 0 Å². The number of fused-ring (bicyclic) bond motifs is 1. The topological polar surface area (TPSA) is 48.9 Å². The van der Waals surface area contributed by atoms with Crippen LogP contribution in [-0.2, 0) is 11.2 Å². The predicted molar refractivity (Wildman–Crippen MR) is 110 cm³/mol. The Bertz CT molecular complexity index is 647. The Labute approximate surface area is 163 Å². The van der Waals surface area contributed by atoms with Crippen LogP contribution in [0, 0.1) is 0 Å². The molecule has 4 rings (SSSR count). The number of aryl methyl sites for hydroxylation is 1. The van der Waals surface area contributed by atoms with Crippen LogP contribution < -0.4 is 10.6 Å². The number of nitrogens with one attached hydrogen (secondary N) is 2. The van der Waals surface area contributed by atoms with Gasteiger partial charge in [-0.2, -0.15) is 0 Å². The Morgan fingerprint density at radius 2 is 1.96 bits per heavy atom. The fourth-order valence-corrected chi connectivity index (χ4v) is 5.09. The molecule has 0 spiro atoms. The van der Waals surface area contributed by atoms with Gasteiger partial charge in [-0.25, -0.2) is 0 Å². The molecule has 5 heteroatoms. The lowest BCUT2D eigenvalue weighted by Gasteiger charge is -2.45. The number of ether oxygens (including phenoxy) is 1. The maximum atomic E-state index is 5.67. The van der Waals surface area contributed by atoms with E-state index in [1.807, 2.05) is 7.05 Å². The summed E-state index contributed by atoms with van der Waals surface area (Å²) in [5.41, 5.74) is 3.26. The zero-order chi connectivity index (χ0) is 18.5. The van der Waals surface area contributed by atoms with E-state index in [1.165, 1.54) is 49.9 Å². The first-order valence-corrected chi connectivity index (χ1v) is 10.7. The van der Waals surface area contributed by atoms with E-state index in [0.717, 1.165) is 45.1 Å². The summed E-state index contributed by atoms with van der Waals surface area (Å²) in [6.07, 6.45) is 7.33. The smallest absolute Gasteiger partial charge is 0.191 e. The Morgan fingerprint density at radius 3 is 2.74 bits per heavy atom. The number of hydrogen-bond acceptors (Lipinski definition) is 3. The molecule has 2 aliphatic heterocycles. The number of benzene rings is 1. The first-order valence-electron chi connectivity index (χ1n) is 10.7. The normalized spacial score (nSPS) is 25.4. The molecule has 2 saturated heterocycles. The highest BCUT2D eigenvalue weighted by atomic mass is 16.5. The highest BCUT2D eigenvalue weighted by Gasteiger charge is 2.39. The monoisotopic (exact) mass is 370 g/mol. The van der Waals surface area contributed by atoms with Crippen LogP contribution in [-0.4, -0.2) is 62.8 Å². The van der Waals surface area contributed by atoms with Gasteiger partial charge in [0.1, 0.15) is 0 Å². The summed E-state index contributed by atoms with van der Waals surface area (Å²) in [6.45, 7) is 6.12. The molecular weight excluding hydrogens is 336 g/mol. The summed E-state index contributed by atoms with van der Waals surface area (Å²) in [6, 6.07) is 8.87. The van der Waals surface area contributed by atoms with Gasteiger partial charge in [0.2, 0.25) is 0 Å². The van der Waals surface area contributed by atoms with Crippen molar-refractivity contribution in [1.29, 1.82) is 0 Å². The highest BCUT2D eigenvalue weighted by molar-refractivity contribution is 5.79. The maximum Gasteiger partial charge on any atom is 0.191 e. The van der Waals surface area contributed by atoms with Crippen LogP contribution in [0.15, 0.2) is 29.3 Å². The molecule has 1 aliphatic carbocycles. The molecule has 0 amide bonds. The molecule has 0 aromatic heterocycles. The minimum absolute atomic E-state index is 0.229. The van der Waals surface area contributed by atoms with Crippen molar-refractivity contribution >= 4 is 5.96 Å². The average molecular weight is 371 g/mol. The lowest BCUT2D eigenvalue weighted by atomic mass is 9.88. The van der Waals surface area contributed by atoms with Crippen molar-refractivity contribution in [1.82, 2.24) is 15.5 Å². The number of hydrogen-bond donors (Lipinski definition) is 2. The van der Waals surface area contributed by atoms with Crippen molar-refractivity contribution in [2.45, 2.75) is 50.0 Å². The Balaban J connectivity index is 1.33. The first kappa shape index (κ1) is 18.8. The van der Waals surface area contributed by atoms with Crippen LogP contribution in [0.5, 0.6) is 0 Å². The van der Waals surface area contributed by atoms with Gasteiger partial charge < -0.3 is 15.4 Å². The van der Waals surface area contributed by atoms with E-state index in [-0.39, 0.29) is 5.54 Å². The third-order valence-electron chi connectivity index (χ3n) is 6.78. The number of nitrogens with zero attached hydrogens (tertiary/aromatic N) is 2. The minimum Gasteiger partial charge on any atom is -0.381 e. The fraction of sp³-hybridized carbons (Fsp3) is 0.682. The molecule has 0 radical (unpaired) electrons. The third kappa shape index (κ3) is 4.14. The van der Waals surface area contributed by atoms with E-state index in [2.05, 4.69) is 44.8 Å². The van der Waals surface area contributed by atoms with Crippen LogP contribution in [0.3, 0.4) is 0 Å². The molecule has 27 heavy (non-hydrogen) atoms. The van der Waals surface area contributed by atoms with Gasteiger partial charge in [0.25, 0.3) is 0 Å². The second-order valence-electron chi connectivity index (χ2n) is 8.27. The van der Waals surface area contributed by atoms with Crippen LogP contribution in [0.1, 0.15) is 49.1 Å². The third-order valence-corrected chi connectivity index (χ3v) is 6.78. The SMILES string of the molecule is CN=C(NCC1CCc2ccccc21)NCC1(N2CCCC2)CCOCC1. The molecule has 1 aromatic carbocycles. The summed E-state index contributed by atoms with van der Waals surface area (Å²) in [4.78, 5) is 7.19. The lowest BCUT2D eigenvalue weighted by Crippen LogP contribution is -2.58. The fourth-order valence-electron chi connectivity index (χ4n) is 5.09. The van der Waals surface area contributed by atoms with Crippen LogP contribution in [0.4, 0.5) is 0 Å². The van der Waals surface area contributed by atoms with Gasteiger partial charge in [0.15, 0.2) is 5.96 Å². The van der Waals surface area contributed by atoms with E-state index < -0.39 is 0 Å². The maximum absolute atomic E-state index is 5.67. The van der Waals surface area contributed by atoms with Crippen molar-refractivity contribution in [3.8, 4) is 0 Å². The molecular formula is C22H34N4O. The van der Waals surface area contributed by atoms with Gasteiger partial charge in [-0.1, -0.05) is 24.3 Å². The van der Waals surface area contributed by atoms with Gasteiger partial charge in [-0.05, 0) is 62.7 Å². The lowest BCUT2D eigenvalue weighted by molar-refractivity contribution is -0.0164. The molecule has 2 heterocycles. The van der Waals surface area contributed by atoms with Gasteiger partial charge in [-0.15, -0.1) is 0 Å². The molecule has 2 fully saturated rings. The van der Waals surface area contributed by atoms with Gasteiger partial charge in [0.05, 0.1) is 0 Å². The molecule has 0 saturated carbocycles. The van der Waals surface area contributed by atoms with Crippen molar-refractivity contribution < 1.29 is 4.74 Å². The summed E-state index contributed by atoms with van der Waals surface area (Å²) < 4.78 is 5.67. The minimum atomic E-state index is 0.229. The van der Waals surface area contributed by atoms with E-state index in [9.17, 15) is 0 Å². The number of likely N-dealkylation sites (tertiary alicyclic amines) is 1. The van der Waals surface area contributed by atoms with Crippen molar-refractivity contribution in [3.63, 3.8) is 0 Å². The molecule has 5 nitrogen and oxygen atoms in total. The Kier molecular flexibility index (Phi) is 5.98. The van der Waals surface area contributed by atoms with Gasteiger partial charge in [0, 0.05) is 44.8 Å². The van der Waals surface area contributed by atoms with Crippen molar-refractivity contribution in [2.24, 2.45) is 4.99 Å². The Morgan fingerprint density at radius 1 is 1.19 bits per heavy atom. The van der Waals surface area contributed by atoms with Crippen molar-refractivity contribution in [3.05, 3.63) is 35.4 Å². The predicted octanol–water partition coefficient (Wildman–Crippen LogP) is 2.53. The van der Waals surface area contributed by atoms with Gasteiger partial charge >= 0.3 is 0 Å². The summed E-state index contributed by atoms with van der Waals surface area (Å²) in [5.74, 6) is 1.53. The van der Waals surface area contributed by atoms with E-state index in [4.69, 9.17) is 4.74 Å².